The van der Waals surface area contributed by atoms with Gasteiger partial charge in [-0.05, 0) is 18.2 Å². The van der Waals surface area contributed by atoms with Crippen molar-refractivity contribution in [2.45, 2.75) is 6.42 Å². The first-order valence-corrected chi connectivity index (χ1v) is 4.36. The quantitative estimate of drug-likeness (QED) is 0.717. The van der Waals surface area contributed by atoms with Gasteiger partial charge in [0.2, 0.25) is 0 Å². The molecule has 0 saturated heterocycles. The normalized spacial score (nSPS) is 9.20. The molecule has 0 aromatic heterocycles. The number of nitrogens with two attached hydrogens (primary N) is 1. The molecule has 78 valence electrons. The lowest BCUT2D eigenvalue weighted by atomic mass is 10.1. The van der Waals surface area contributed by atoms with Crippen LogP contribution in [0, 0.1) is 17.7 Å². The highest BCUT2D eigenvalue weighted by atomic mass is 19.1. The van der Waals surface area contributed by atoms with Crippen LogP contribution in [0.25, 0.3) is 0 Å². The Morgan fingerprint density at radius 2 is 2.20 bits per heavy atom. The van der Waals surface area contributed by atoms with Crippen LogP contribution in [0.5, 0.6) is 0 Å². The molecule has 0 aliphatic heterocycles. The fourth-order valence-corrected chi connectivity index (χ4v) is 1.02. The van der Waals surface area contributed by atoms with Crippen LogP contribution in [0.3, 0.4) is 0 Å². The lowest BCUT2D eigenvalue weighted by Gasteiger charge is -1.96. The van der Waals surface area contributed by atoms with E-state index in [2.05, 4.69) is 11.8 Å². The monoisotopic (exact) mass is 207 g/mol. The molecular weight excluding hydrogens is 197 g/mol. The molecule has 3 nitrogen and oxygen atoms in total. The molecule has 0 aliphatic rings. The summed E-state index contributed by atoms with van der Waals surface area (Å²) in [6.45, 7) is 0.425. The SMILES string of the molecule is NCCC#Cc1cc(F)cc(C(=O)O)c1. The highest BCUT2D eigenvalue weighted by Gasteiger charge is 2.05. The third-order valence-corrected chi connectivity index (χ3v) is 1.65. The zero-order valence-corrected chi connectivity index (χ0v) is 7.96. The van der Waals surface area contributed by atoms with Crippen LogP contribution in [0.4, 0.5) is 4.39 Å². The van der Waals surface area contributed by atoms with E-state index >= 15 is 0 Å². The summed E-state index contributed by atoms with van der Waals surface area (Å²) < 4.78 is 12.9. The summed E-state index contributed by atoms with van der Waals surface area (Å²) in [5.41, 5.74) is 5.47. The van der Waals surface area contributed by atoms with Gasteiger partial charge in [0.15, 0.2) is 0 Å². The molecule has 0 spiro atoms. The van der Waals surface area contributed by atoms with Crippen molar-refractivity contribution in [3.8, 4) is 11.8 Å². The number of carbonyl (C=O) groups is 1. The Labute approximate surface area is 86.7 Å². The van der Waals surface area contributed by atoms with Crippen LogP contribution < -0.4 is 5.73 Å². The molecular formula is C11H10FNO2. The van der Waals surface area contributed by atoms with E-state index in [1.807, 2.05) is 0 Å². The van der Waals surface area contributed by atoms with Crippen molar-refractivity contribution in [1.82, 2.24) is 0 Å². The molecule has 0 bridgehead atoms. The first kappa shape index (κ1) is 11.2. The first-order chi connectivity index (χ1) is 7.13. The highest BCUT2D eigenvalue weighted by Crippen LogP contribution is 2.08. The zero-order chi connectivity index (χ0) is 11.3. The number of halogens is 1. The van der Waals surface area contributed by atoms with Crippen LogP contribution >= 0.6 is 0 Å². The number of hydrogen-bond donors (Lipinski definition) is 2. The molecule has 1 aromatic carbocycles. The summed E-state index contributed by atoms with van der Waals surface area (Å²) >= 11 is 0. The van der Waals surface area contributed by atoms with Crippen LogP contribution in [-0.4, -0.2) is 17.6 Å². The number of hydrogen-bond acceptors (Lipinski definition) is 2. The van der Waals surface area contributed by atoms with Gasteiger partial charge < -0.3 is 10.8 Å². The molecule has 0 radical (unpaired) electrons. The maximum atomic E-state index is 12.9. The summed E-state index contributed by atoms with van der Waals surface area (Å²) in [4.78, 5) is 10.6. The van der Waals surface area contributed by atoms with Crippen molar-refractivity contribution >= 4 is 5.97 Å². The Morgan fingerprint density at radius 1 is 1.47 bits per heavy atom. The van der Waals surface area contributed by atoms with E-state index in [1.54, 1.807) is 0 Å². The fraction of sp³-hybridized carbons (Fsp3) is 0.182. The fourth-order valence-electron chi connectivity index (χ4n) is 1.02. The zero-order valence-electron chi connectivity index (χ0n) is 7.96. The van der Waals surface area contributed by atoms with Crippen molar-refractivity contribution in [2.75, 3.05) is 6.54 Å². The molecule has 0 saturated carbocycles. The van der Waals surface area contributed by atoms with Gasteiger partial charge in [-0.3, -0.25) is 0 Å². The molecule has 0 aliphatic carbocycles. The maximum Gasteiger partial charge on any atom is 0.335 e. The Morgan fingerprint density at radius 3 is 2.80 bits per heavy atom. The molecule has 0 fully saturated rings. The molecule has 0 atom stereocenters. The number of carboxylic acids is 1. The molecule has 15 heavy (non-hydrogen) atoms. The van der Waals surface area contributed by atoms with Crippen molar-refractivity contribution in [3.05, 3.63) is 35.1 Å². The second-order valence-electron chi connectivity index (χ2n) is 2.87. The van der Waals surface area contributed by atoms with Crippen LogP contribution in [0.15, 0.2) is 18.2 Å². The maximum absolute atomic E-state index is 12.9. The van der Waals surface area contributed by atoms with Crippen molar-refractivity contribution < 1.29 is 14.3 Å². The van der Waals surface area contributed by atoms with Gasteiger partial charge in [-0.25, -0.2) is 9.18 Å². The highest BCUT2D eigenvalue weighted by molar-refractivity contribution is 5.88. The third kappa shape index (κ3) is 3.41. The molecule has 4 heteroatoms. The van der Waals surface area contributed by atoms with Gasteiger partial charge in [-0.1, -0.05) is 11.8 Å². The van der Waals surface area contributed by atoms with E-state index in [0.29, 0.717) is 18.5 Å². The van der Waals surface area contributed by atoms with E-state index in [1.165, 1.54) is 12.1 Å². The molecule has 3 N–H and O–H groups in total. The molecule has 1 rings (SSSR count). The van der Waals surface area contributed by atoms with E-state index in [9.17, 15) is 9.18 Å². The van der Waals surface area contributed by atoms with Crippen molar-refractivity contribution in [2.24, 2.45) is 5.73 Å². The number of aromatic carboxylic acids is 1. The standard InChI is InChI=1S/C11H10FNO2/c12-10-6-8(3-1-2-4-13)5-9(7-10)11(14)15/h5-7H,2,4,13H2,(H,14,15). The number of rotatable bonds is 2. The number of benzene rings is 1. The van der Waals surface area contributed by atoms with Crippen molar-refractivity contribution in [3.63, 3.8) is 0 Å². The average molecular weight is 207 g/mol. The van der Waals surface area contributed by atoms with E-state index in [4.69, 9.17) is 10.8 Å². The Bertz CT molecular complexity index is 432. The smallest absolute Gasteiger partial charge is 0.335 e. The van der Waals surface area contributed by atoms with Crippen LogP contribution in [0.1, 0.15) is 22.3 Å². The molecule has 0 amide bonds. The minimum atomic E-state index is -1.17. The van der Waals surface area contributed by atoms with Gasteiger partial charge in [0.1, 0.15) is 5.82 Å². The Kier molecular flexibility index (Phi) is 3.83. The summed E-state index contributed by atoms with van der Waals surface area (Å²) in [5.74, 6) is 3.58. The average Bonchev–Trinajstić information content (AvgIpc) is 2.17. The first-order valence-electron chi connectivity index (χ1n) is 4.36. The minimum Gasteiger partial charge on any atom is -0.478 e. The Balaban J connectivity index is 3.00. The molecule has 0 unspecified atom stereocenters. The van der Waals surface area contributed by atoms with Crippen LogP contribution in [-0.2, 0) is 0 Å². The molecule has 0 heterocycles. The van der Waals surface area contributed by atoms with Gasteiger partial charge in [0.05, 0.1) is 5.56 Å². The van der Waals surface area contributed by atoms with E-state index in [0.717, 1.165) is 6.07 Å². The van der Waals surface area contributed by atoms with E-state index < -0.39 is 11.8 Å². The lowest BCUT2D eigenvalue weighted by Crippen LogP contribution is -1.98. The van der Waals surface area contributed by atoms with Crippen LogP contribution in [0.2, 0.25) is 0 Å². The lowest BCUT2D eigenvalue weighted by molar-refractivity contribution is 0.0696. The largest absolute Gasteiger partial charge is 0.478 e. The number of carboxylic acid groups (broad SMARTS) is 1. The van der Waals surface area contributed by atoms with Gasteiger partial charge in [-0.15, -0.1) is 0 Å². The summed E-state index contributed by atoms with van der Waals surface area (Å²) in [7, 11) is 0. The predicted octanol–water partition coefficient (Wildman–Crippen LogP) is 1.22. The van der Waals surface area contributed by atoms with Gasteiger partial charge >= 0.3 is 5.97 Å². The second kappa shape index (κ2) is 5.13. The predicted molar refractivity (Wildman–Crippen MR) is 53.9 cm³/mol. The molecule has 1 aromatic rings. The second-order valence-corrected chi connectivity index (χ2v) is 2.87. The Hall–Kier alpha value is -1.86. The van der Waals surface area contributed by atoms with Crippen molar-refractivity contribution in [1.29, 1.82) is 0 Å². The summed E-state index contributed by atoms with van der Waals surface area (Å²) in [5, 5.41) is 8.67. The summed E-state index contributed by atoms with van der Waals surface area (Å²) in [6.07, 6.45) is 0.499. The third-order valence-electron chi connectivity index (χ3n) is 1.65. The topological polar surface area (TPSA) is 63.3 Å². The minimum absolute atomic E-state index is 0.105. The summed E-state index contributed by atoms with van der Waals surface area (Å²) in [6, 6.07) is 3.47. The van der Waals surface area contributed by atoms with E-state index in [-0.39, 0.29) is 5.56 Å². The van der Waals surface area contributed by atoms with Gasteiger partial charge in [-0.2, -0.15) is 0 Å². The van der Waals surface area contributed by atoms with Gasteiger partial charge in [0, 0.05) is 18.5 Å². The van der Waals surface area contributed by atoms with Gasteiger partial charge in [0.25, 0.3) is 0 Å².